The van der Waals surface area contributed by atoms with Gasteiger partial charge in [0.1, 0.15) is 5.69 Å². The summed E-state index contributed by atoms with van der Waals surface area (Å²) in [5.41, 5.74) is 1.13. The number of nitrogens with one attached hydrogen (secondary N) is 1. The van der Waals surface area contributed by atoms with E-state index in [2.05, 4.69) is 24.7 Å². The van der Waals surface area contributed by atoms with Gasteiger partial charge in [-0.25, -0.2) is 27.5 Å². The highest BCUT2D eigenvalue weighted by Gasteiger charge is 2.43. The minimum Gasteiger partial charge on any atom is -0.324 e. The molecule has 12 heteroatoms. The first-order valence-corrected chi connectivity index (χ1v) is 12.4. The number of fused-ring (bicyclic) bond motifs is 3. The van der Waals surface area contributed by atoms with Gasteiger partial charge in [0.05, 0.1) is 28.5 Å². The summed E-state index contributed by atoms with van der Waals surface area (Å²) < 4.78 is 43.5. The van der Waals surface area contributed by atoms with E-state index in [9.17, 15) is 17.8 Å². The molecule has 3 heterocycles. The summed E-state index contributed by atoms with van der Waals surface area (Å²) in [6.45, 7) is 3.87. The Hall–Kier alpha value is -2.66. The first kappa shape index (κ1) is 22.5. The number of aromatic nitrogens is 4. The molecule has 0 spiro atoms. The second-order valence-corrected chi connectivity index (χ2v) is 11.6. The number of carbonyl (C=O) groups excluding carboxylic acids is 1. The second-order valence-electron chi connectivity index (χ2n) is 8.63. The molecule has 3 aromatic heterocycles. The zero-order valence-corrected chi connectivity index (χ0v) is 19.3. The number of hydrogen-bond donors (Lipinski definition) is 1. The van der Waals surface area contributed by atoms with Crippen LogP contribution in [-0.4, -0.2) is 42.2 Å². The van der Waals surface area contributed by atoms with Crippen molar-refractivity contribution in [2.24, 2.45) is 4.36 Å². The van der Waals surface area contributed by atoms with Crippen molar-refractivity contribution in [2.75, 3.05) is 17.8 Å². The van der Waals surface area contributed by atoms with Crippen LogP contribution in [-0.2, 0) is 19.9 Å². The number of hydrogen-bond acceptors (Lipinski definition) is 6. The first-order valence-electron chi connectivity index (χ1n) is 9.66. The Morgan fingerprint density at radius 2 is 2.03 bits per heavy atom. The molecule has 1 amide bonds. The second kappa shape index (κ2) is 7.73. The number of halogens is 3. The molecule has 0 bridgehead atoms. The van der Waals surface area contributed by atoms with Crippen LogP contribution in [0.5, 0.6) is 0 Å². The molecule has 0 saturated carbocycles. The van der Waals surface area contributed by atoms with Crippen molar-refractivity contribution in [3.8, 4) is 0 Å². The van der Waals surface area contributed by atoms with Crippen molar-refractivity contribution in [3.05, 3.63) is 46.5 Å². The van der Waals surface area contributed by atoms with Gasteiger partial charge < -0.3 is 5.32 Å². The van der Waals surface area contributed by atoms with Crippen LogP contribution in [0.1, 0.15) is 49.6 Å². The van der Waals surface area contributed by atoms with E-state index in [-0.39, 0.29) is 22.4 Å². The zero-order chi connectivity index (χ0) is 23.4. The van der Waals surface area contributed by atoms with E-state index < -0.39 is 27.5 Å². The molecule has 0 unspecified atom stereocenters. The Kier molecular flexibility index (Phi) is 5.44. The Morgan fingerprint density at radius 3 is 2.66 bits per heavy atom. The molecular weight excluding hydrogens is 462 g/mol. The lowest BCUT2D eigenvalue weighted by molar-refractivity contribution is -0.117. The quantitative estimate of drug-likeness (QED) is 0.590. The van der Waals surface area contributed by atoms with E-state index in [4.69, 9.17) is 11.6 Å². The maximum Gasteiger partial charge on any atom is 0.282 e. The highest BCUT2D eigenvalue weighted by Crippen LogP contribution is 2.46. The van der Waals surface area contributed by atoms with Crippen LogP contribution in [0.2, 0.25) is 5.02 Å². The summed E-state index contributed by atoms with van der Waals surface area (Å²) in [4.78, 5) is 21.4. The highest BCUT2D eigenvalue weighted by atomic mass is 35.5. The number of anilines is 1. The van der Waals surface area contributed by atoms with E-state index in [1.54, 1.807) is 6.20 Å². The summed E-state index contributed by atoms with van der Waals surface area (Å²) in [7, 11) is -2.44. The fraction of sp³-hybridized carbons (Fsp3) is 0.400. The molecule has 0 aliphatic heterocycles. The van der Waals surface area contributed by atoms with Crippen LogP contribution in [0.4, 0.5) is 20.3 Å². The molecule has 1 aliphatic rings. The molecule has 0 aromatic carbocycles. The van der Waals surface area contributed by atoms with Gasteiger partial charge in [0.25, 0.3) is 6.43 Å². The van der Waals surface area contributed by atoms with Crippen molar-refractivity contribution < 1.29 is 17.8 Å². The standard InChI is InChI=1S/C20H21ClF2N6O2S/c1-20(2)7-11(12-9-24-15-6-14(17(22)23)27-29(15)16(12)20)19(30)26-10-5-13(21)18(25-8-10)28-32(3,4)31/h5-6,8-9,11,17H,7H2,1-4H3,(H,26,30)/t11-/m1/s1. The normalized spacial score (nSPS) is 17.6. The summed E-state index contributed by atoms with van der Waals surface area (Å²) in [5, 5.41) is 6.97. The van der Waals surface area contributed by atoms with Crippen LogP contribution in [0.15, 0.2) is 28.9 Å². The van der Waals surface area contributed by atoms with Crippen molar-refractivity contribution in [2.45, 2.75) is 38.0 Å². The average Bonchev–Trinajstić information content (AvgIpc) is 3.21. The molecule has 8 nitrogen and oxygen atoms in total. The van der Waals surface area contributed by atoms with Gasteiger partial charge in [0.2, 0.25) is 5.91 Å². The van der Waals surface area contributed by atoms with Gasteiger partial charge in [-0.1, -0.05) is 25.4 Å². The summed E-state index contributed by atoms with van der Waals surface area (Å²) in [6.07, 6.45) is 3.60. The summed E-state index contributed by atoms with van der Waals surface area (Å²) in [6, 6.07) is 2.74. The number of amides is 1. The Morgan fingerprint density at radius 1 is 1.31 bits per heavy atom. The van der Waals surface area contributed by atoms with Gasteiger partial charge in [-0.15, -0.1) is 0 Å². The molecule has 170 valence electrons. The number of nitrogens with zero attached hydrogens (tertiary/aromatic N) is 5. The van der Waals surface area contributed by atoms with E-state index in [1.807, 2.05) is 13.8 Å². The van der Waals surface area contributed by atoms with Gasteiger partial charge in [-0.3, -0.25) is 4.79 Å². The van der Waals surface area contributed by atoms with Gasteiger partial charge in [0.15, 0.2) is 11.5 Å². The average molecular weight is 483 g/mol. The molecule has 1 N–H and O–H groups in total. The van der Waals surface area contributed by atoms with Crippen molar-refractivity contribution >= 4 is 44.4 Å². The number of rotatable bonds is 4. The summed E-state index contributed by atoms with van der Waals surface area (Å²) >= 11 is 6.18. The SMILES string of the molecule is CC1(C)C[C@@H](C(=O)Nc2cnc(N=S(C)(C)=O)c(Cl)c2)c2cnc3cc(C(F)F)nn3c21. The van der Waals surface area contributed by atoms with Crippen LogP contribution < -0.4 is 5.32 Å². The van der Waals surface area contributed by atoms with Gasteiger partial charge in [0, 0.05) is 45.5 Å². The number of carbonyl (C=O) groups is 1. The predicted molar refractivity (Wildman–Crippen MR) is 118 cm³/mol. The molecule has 0 radical (unpaired) electrons. The predicted octanol–water partition coefficient (Wildman–Crippen LogP) is 4.48. The Labute approximate surface area is 188 Å². The van der Waals surface area contributed by atoms with E-state index >= 15 is 0 Å². The third-order valence-electron chi connectivity index (χ3n) is 5.20. The molecule has 1 atom stereocenters. The van der Waals surface area contributed by atoms with Gasteiger partial charge in [-0.2, -0.15) is 9.46 Å². The van der Waals surface area contributed by atoms with Crippen molar-refractivity contribution in [3.63, 3.8) is 0 Å². The monoisotopic (exact) mass is 482 g/mol. The smallest absolute Gasteiger partial charge is 0.282 e. The van der Waals surface area contributed by atoms with E-state index in [1.165, 1.54) is 35.4 Å². The number of alkyl halides is 2. The van der Waals surface area contributed by atoms with Gasteiger partial charge in [-0.05, 0) is 12.5 Å². The molecule has 0 saturated heterocycles. The fourth-order valence-corrected chi connectivity index (χ4v) is 4.78. The Balaban J connectivity index is 1.66. The van der Waals surface area contributed by atoms with Crippen LogP contribution in [0, 0.1) is 0 Å². The van der Waals surface area contributed by atoms with E-state index in [0.717, 1.165) is 0 Å². The number of pyridine rings is 1. The molecule has 4 rings (SSSR count). The summed E-state index contributed by atoms with van der Waals surface area (Å²) in [5.74, 6) is -0.743. The third-order valence-corrected chi connectivity index (χ3v) is 6.09. The van der Waals surface area contributed by atoms with Crippen LogP contribution in [0.25, 0.3) is 5.65 Å². The molecule has 32 heavy (non-hydrogen) atoms. The van der Waals surface area contributed by atoms with Crippen molar-refractivity contribution in [1.29, 1.82) is 0 Å². The fourth-order valence-electron chi connectivity index (χ4n) is 3.96. The minimum absolute atomic E-state index is 0.132. The largest absolute Gasteiger partial charge is 0.324 e. The topological polar surface area (TPSA) is 102 Å². The first-order chi connectivity index (χ1) is 14.9. The maximum absolute atomic E-state index is 13.1. The maximum atomic E-state index is 13.1. The molecule has 1 aliphatic carbocycles. The van der Waals surface area contributed by atoms with Crippen LogP contribution in [0.3, 0.4) is 0 Å². The van der Waals surface area contributed by atoms with Gasteiger partial charge >= 0.3 is 0 Å². The Bertz CT molecular complexity index is 1360. The molecule has 3 aromatic rings. The van der Waals surface area contributed by atoms with E-state index in [0.29, 0.717) is 29.0 Å². The lowest BCUT2D eigenvalue weighted by Gasteiger charge is -2.19. The lowest BCUT2D eigenvalue weighted by atomic mass is 9.88. The zero-order valence-electron chi connectivity index (χ0n) is 17.8. The van der Waals surface area contributed by atoms with Crippen LogP contribution >= 0.6 is 11.6 Å². The van der Waals surface area contributed by atoms with Crippen molar-refractivity contribution in [1.82, 2.24) is 19.6 Å². The third kappa shape index (κ3) is 4.18. The highest BCUT2D eigenvalue weighted by molar-refractivity contribution is 7.92. The molecule has 0 fully saturated rings. The molecular formula is C20H21ClF2N6O2S. The lowest BCUT2D eigenvalue weighted by Crippen LogP contribution is -2.21. The minimum atomic E-state index is -2.71.